The minimum absolute atomic E-state index is 0.0249. The maximum Gasteiger partial charge on any atom is 0.246 e. The number of fused-ring (bicyclic) bond motifs is 6. The monoisotopic (exact) mass is 1460 g/mol. The first-order valence-corrected chi connectivity index (χ1v) is 34.8. The highest BCUT2D eigenvalue weighted by Gasteiger charge is 2.50. The van der Waals surface area contributed by atoms with Gasteiger partial charge in [-0.05, 0) is 149 Å². The Bertz CT molecular complexity index is 4230. The fourth-order valence-electron chi connectivity index (χ4n) is 13.5. The van der Waals surface area contributed by atoms with Gasteiger partial charge in [0.1, 0.15) is 83.5 Å². The molecule has 0 unspecified atom stereocenters. The quantitative estimate of drug-likeness (QED) is 0.0634. The topological polar surface area (TPSA) is 433 Å². The van der Waals surface area contributed by atoms with Crippen molar-refractivity contribution in [3.8, 4) is 5.75 Å². The number of methoxy groups -OCH3 is 1. The van der Waals surface area contributed by atoms with Crippen LogP contribution in [-0.2, 0) is 89.8 Å². The smallest absolute Gasteiger partial charge is 0.246 e. The first kappa shape index (κ1) is 78.3. The van der Waals surface area contributed by atoms with Crippen LogP contribution in [0.25, 0.3) is 21.8 Å². The average molecular weight is 1460 g/mol. The number of aromatic nitrogens is 2. The summed E-state index contributed by atoms with van der Waals surface area (Å²) in [4.78, 5) is 181. The van der Waals surface area contributed by atoms with Gasteiger partial charge in [-0.15, -0.1) is 0 Å². The van der Waals surface area contributed by atoms with E-state index in [9.17, 15) is 52.6 Å². The SMILES string of the molecule is COc1ccc(C[C@@H]2NC(=O)[C@H]([C@@H](C)O)NC(=O)[C@@H]3C[C@H](F)CN3C(=O)[C@H](Cc3c[nH]c4ccc(F)cc34)NC(=O)[C@H](CCc3c[nH]c4ccc(F)cc34)NC(=O)[C@@H](C)NC(=O)[C@H](CCCCN)NC(=O)[C@@H](NC(C)=O)CC(=O)NCc3cccc(c3)C[C@@H](C(N)=O)NC(=O)[C@]3(C)CCCN3C2=O)cc1. The van der Waals surface area contributed by atoms with Crippen molar-refractivity contribution in [3.05, 3.63) is 137 Å². The van der Waals surface area contributed by atoms with Crippen molar-refractivity contribution >= 4 is 92.7 Å². The number of unbranched alkanes of at least 4 members (excludes halogenated alkanes) is 1. The molecular formula is C73H90F3N15O14. The predicted molar refractivity (Wildman–Crippen MR) is 377 cm³/mol. The molecule has 2 fully saturated rings. The third-order valence-corrected chi connectivity index (χ3v) is 19.3. The predicted octanol–water partition coefficient (Wildman–Crippen LogP) is 0.850. The van der Waals surface area contributed by atoms with Crippen molar-refractivity contribution in [3.63, 3.8) is 0 Å². The minimum atomic E-state index is -1.92. The lowest BCUT2D eigenvalue weighted by molar-refractivity contribution is -0.147. The number of halogens is 3. The van der Waals surface area contributed by atoms with Gasteiger partial charge >= 0.3 is 0 Å². The number of amides is 12. The summed E-state index contributed by atoms with van der Waals surface area (Å²) in [6, 6.07) is 6.31. The number of aliphatic hydroxyl groups is 1. The number of hydrogen-bond donors (Lipinski definition) is 14. The summed E-state index contributed by atoms with van der Waals surface area (Å²) in [6.45, 7) is 4.29. The summed E-state index contributed by atoms with van der Waals surface area (Å²) in [6.07, 6.45) is -2.21. The van der Waals surface area contributed by atoms with Gasteiger partial charge in [0.05, 0.1) is 26.2 Å². The molecule has 29 nitrogen and oxygen atoms in total. The summed E-state index contributed by atoms with van der Waals surface area (Å²) < 4.78 is 51.3. The van der Waals surface area contributed by atoms with Crippen LogP contribution in [0, 0.1) is 11.6 Å². The normalized spacial score (nSPS) is 25.2. The summed E-state index contributed by atoms with van der Waals surface area (Å²) in [5.74, 6) is -12.0. The number of carbonyl (C=O) groups excluding carboxylic acids is 12. The number of nitrogens with zero attached hydrogens (tertiary/aromatic N) is 2. The van der Waals surface area contributed by atoms with Crippen LogP contribution in [0.5, 0.6) is 5.75 Å². The second-order valence-corrected chi connectivity index (χ2v) is 27.2. The number of aryl methyl sites for hydroxylation is 1. The number of ether oxygens (including phenoxy) is 1. The van der Waals surface area contributed by atoms with Crippen molar-refractivity contribution in [2.75, 3.05) is 26.7 Å². The van der Waals surface area contributed by atoms with Gasteiger partial charge in [0.15, 0.2) is 0 Å². The van der Waals surface area contributed by atoms with Crippen molar-refractivity contribution in [2.45, 2.75) is 183 Å². The Balaban J connectivity index is 1.08. The Kier molecular flexibility index (Phi) is 26.1. The average Bonchev–Trinajstić information content (AvgIpc) is 1.64. The minimum Gasteiger partial charge on any atom is -0.497 e. The molecule has 5 heterocycles. The second-order valence-electron chi connectivity index (χ2n) is 27.2. The summed E-state index contributed by atoms with van der Waals surface area (Å²) >= 11 is 0. The van der Waals surface area contributed by atoms with Crippen LogP contribution in [-0.4, -0.2) is 195 Å². The molecule has 16 N–H and O–H groups in total. The molecule has 12 amide bonds. The van der Waals surface area contributed by atoms with Crippen LogP contribution in [0.3, 0.4) is 0 Å². The van der Waals surface area contributed by atoms with E-state index in [1.54, 1.807) is 54.7 Å². The van der Waals surface area contributed by atoms with E-state index in [2.05, 4.69) is 57.8 Å². The third-order valence-electron chi connectivity index (χ3n) is 19.3. The lowest BCUT2D eigenvalue weighted by Gasteiger charge is -2.37. The van der Waals surface area contributed by atoms with Crippen LogP contribution in [0.15, 0.2) is 97.3 Å². The lowest BCUT2D eigenvalue weighted by atomic mass is 9.94. The second kappa shape index (κ2) is 35.1. The van der Waals surface area contributed by atoms with Gasteiger partial charge in [-0.25, -0.2) is 13.2 Å². The third kappa shape index (κ3) is 19.9. The van der Waals surface area contributed by atoms with E-state index in [0.717, 1.165) is 18.7 Å². The zero-order valence-electron chi connectivity index (χ0n) is 58.8. The summed E-state index contributed by atoms with van der Waals surface area (Å²) in [5, 5.41) is 35.5. The van der Waals surface area contributed by atoms with Crippen LogP contribution < -0.4 is 64.1 Å². The van der Waals surface area contributed by atoms with Gasteiger partial charge in [-0.3, -0.25) is 57.5 Å². The molecule has 12 atom stereocenters. The molecule has 9 rings (SSSR count). The molecule has 2 bridgehead atoms. The number of nitrogens with two attached hydrogens (primary N) is 2. The number of nitrogens with one attached hydrogen (secondary N) is 11. The van der Waals surface area contributed by atoms with E-state index in [1.807, 2.05) is 0 Å². The number of hydrogen-bond acceptors (Lipinski definition) is 15. The zero-order chi connectivity index (χ0) is 76.0. The first-order chi connectivity index (χ1) is 50.0. The van der Waals surface area contributed by atoms with Crippen LogP contribution in [0.4, 0.5) is 13.2 Å². The molecule has 562 valence electrons. The summed E-state index contributed by atoms with van der Waals surface area (Å²) in [5.41, 5.74) is 13.2. The van der Waals surface area contributed by atoms with E-state index in [4.69, 9.17) is 16.2 Å². The molecule has 6 aromatic rings. The molecule has 3 aliphatic heterocycles. The van der Waals surface area contributed by atoms with Gasteiger partial charge in [0.25, 0.3) is 0 Å². The number of carbonyl (C=O) groups is 12. The molecule has 3 aliphatic rings. The highest BCUT2D eigenvalue weighted by Crippen LogP contribution is 2.32. The largest absolute Gasteiger partial charge is 0.497 e. The van der Waals surface area contributed by atoms with E-state index in [1.165, 1.54) is 68.5 Å². The molecule has 0 saturated carbocycles. The summed E-state index contributed by atoms with van der Waals surface area (Å²) in [7, 11) is 1.44. The van der Waals surface area contributed by atoms with Gasteiger partial charge in [0, 0.05) is 79.9 Å². The number of aromatic amines is 2. The van der Waals surface area contributed by atoms with E-state index in [0.29, 0.717) is 50.8 Å². The Morgan fingerprint density at radius 3 is 1.98 bits per heavy atom. The zero-order valence-corrected chi connectivity index (χ0v) is 58.8. The van der Waals surface area contributed by atoms with Gasteiger partial charge in [-0.1, -0.05) is 36.4 Å². The number of rotatable bonds is 15. The van der Waals surface area contributed by atoms with Crippen LogP contribution in [0.2, 0.25) is 0 Å². The Hall–Kier alpha value is -10.9. The molecule has 32 heteroatoms. The van der Waals surface area contributed by atoms with E-state index >= 15 is 23.2 Å². The molecule has 0 spiro atoms. The van der Waals surface area contributed by atoms with Crippen molar-refractivity contribution in [1.82, 2.24) is 67.6 Å². The van der Waals surface area contributed by atoms with Crippen molar-refractivity contribution in [2.24, 2.45) is 11.5 Å². The number of aliphatic hydroxyl groups excluding tert-OH is 1. The fourth-order valence-corrected chi connectivity index (χ4v) is 13.5. The van der Waals surface area contributed by atoms with Gasteiger partial charge < -0.3 is 88.9 Å². The van der Waals surface area contributed by atoms with Crippen molar-refractivity contribution in [1.29, 1.82) is 0 Å². The number of primary amides is 1. The Morgan fingerprint density at radius 2 is 1.32 bits per heavy atom. The van der Waals surface area contributed by atoms with E-state index in [-0.39, 0.29) is 82.0 Å². The molecule has 105 heavy (non-hydrogen) atoms. The van der Waals surface area contributed by atoms with Gasteiger partial charge in [0.2, 0.25) is 70.9 Å². The first-order valence-electron chi connectivity index (χ1n) is 34.8. The molecule has 0 radical (unpaired) electrons. The Labute approximate surface area is 602 Å². The molecule has 4 aromatic carbocycles. The lowest BCUT2D eigenvalue weighted by Crippen LogP contribution is -2.64. The van der Waals surface area contributed by atoms with Crippen LogP contribution in [0.1, 0.15) is 107 Å². The van der Waals surface area contributed by atoms with Crippen LogP contribution >= 0.6 is 0 Å². The highest BCUT2D eigenvalue weighted by atomic mass is 19.1. The molecule has 0 aliphatic carbocycles. The number of benzene rings is 4. The molecular weight excluding hydrogens is 1370 g/mol. The maximum absolute atomic E-state index is 16.2. The molecule has 2 aromatic heterocycles. The van der Waals surface area contributed by atoms with Crippen molar-refractivity contribution < 1.29 is 80.5 Å². The highest BCUT2D eigenvalue weighted by molar-refractivity contribution is 6.01. The maximum atomic E-state index is 16.2. The van der Waals surface area contributed by atoms with E-state index < -0.39 is 181 Å². The van der Waals surface area contributed by atoms with Gasteiger partial charge in [-0.2, -0.15) is 0 Å². The fraction of sp³-hybridized carbons (Fsp3) is 0.452. The standard InChI is InChI=1S/C73H90F3N15O14/c1-38-64(96)84-55(20-15-44-35-79-52-21-16-46(74)30-50(44)52)66(98)86-59(29-45-36-80-53-22-17-47(75)31-51(45)53)70(102)90-37-48(76)32-60(90)68(100)89-62(39(2)92)69(101)87-58(27-41-13-18-49(105-5)19-14-41)71(103)91-25-9-23-73(91,4)72(104)88-56(63(78)95)28-42-10-8-11-43(26-42)34-81-61(94)33-57(83-40(3)93)67(99)85-54(65(97)82-38)12-6-7-24-77/h8,10-11,13-14,16-19,21-22,26,30-31,35-36,38-39,48,54-60,62,79-80,92H,6-7,9,12,15,20,23-25,27-29,32-34,37,77H2,1-5H3,(H2,78,95)(H,81,94)(H,82,97)(H,83,93)(H,84,96)(H,85,99)(H,86,98)(H,87,101)(H,88,104)(H,89,100)/t38-,39-,48+,54+,55+,56+,57+,58+,59+,60+,62+,73+/m1/s1. The Morgan fingerprint density at radius 1 is 0.705 bits per heavy atom. The molecule has 2 saturated heterocycles. The number of H-pyrrole nitrogens is 2. The number of alkyl halides is 1.